The summed E-state index contributed by atoms with van der Waals surface area (Å²) in [6.45, 7) is 7.67. The molecule has 1 unspecified atom stereocenters. The lowest BCUT2D eigenvalue weighted by Gasteiger charge is -2.09. The summed E-state index contributed by atoms with van der Waals surface area (Å²) in [7, 11) is 2.05. The highest BCUT2D eigenvalue weighted by atomic mass is 15.3. The van der Waals surface area contributed by atoms with Crippen LogP contribution in [0.1, 0.15) is 41.3 Å². The Morgan fingerprint density at radius 1 is 1.20 bits per heavy atom. The summed E-state index contributed by atoms with van der Waals surface area (Å²) in [6, 6.07) is 7.11. The topological polar surface area (TPSA) is 29.9 Å². The van der Waals surface area contributed by atoms with Gasteiger partial charge in [-0.15, -0.1) is 0 Å². The van der Waals surface area contributed by atoms with Crippen molar-refractivity contribution in [2.75, 3.05) is 6.54 Å². The van der Waals surface area contributed by atoms with Crippen LogP contribution in [-0.4, -0.2) is 16.3 Å². The fourth-order valence-corrected chi connectivity index (χ4v) is 3.11. The van der Waals surface area contributed by atoms with E-state index in [1.165, 1.54) is 40.8 Å². The first-order valence-corrected chi connectivity index (χ1v) is 7.42. The highest BCUT2D eigenvalue weighted by Gasteiger charge is 2.21. The van der Waals surface area contributed by atoms with Crippen molar-refractivity contribution in [2.45, 2.75) is 39.7 Å². The second kappa shape index (κ2) is 5.06. The van der Waals surface area contributed by atoms with Crippen LogP contribution in [0.3, 0.4) is 0 Å². The molecule has 0 amide bonds. The minimum atomic E-state index is 0.466. The van der Waals surface area contributed by atoms with Crippen LogP contribution < -0.4 is 5.32 Å². The zero-order chi connectivity index (χ0) is 14.3. The van der Waals surface area contributed by atoms with E-state index in [-0.39, 0.29) is 0 Å². The third kappa shape index (κ3) is 2.16. The summed E-state index contributed by atoms with van der Waals surface area (Å²) >= 11 is 0. The number of aryl methyl sites for hydroxylation is 2. The van der Waals surface area contributed by atoms with E-state index < -0.39 is 0 Å². The normalized spacial score (nSPS) is 18.7. The molecule has 1 aliphatic rings. The number of nitrogens with zero attached hydrogens (tertiary/aromatic N) is 2. The van der Waals surface area contributed by atoms with Crippen molar-refractivity contribution in [1.29, 1.82) is 0 Å². The van der Waals surface area contributed by atoms with E-state index in [1.807, 2.05) is 4.68 Å². The fraction of sp³-hybridized carbons (Fsp3) is 0.471. The Hall–Kier alpha value is -1.61. The Labute approximate surface area is 121 Å². The van der Waals surface area contributed by atoms with Crippen molar-refractivity contribution in [3.8, 4) is 11.3 Å². The standard InChI is InChI=1S/C17H23N3/c1-11-7-8-14(13(3)12(11)2)16-10-17(20(4)19-16)15-6-5-9-18-15/h7-8,10,15,18H,5-6,9H2,1-4H3. The van der Waals surface area contributed by atoms with Crippen LogP contribution >= 0.6 is 0 Å². The van der Waals surface area contributed by atoms with Gasteiger partial charge in [-0.2, -0.15) is 5.10 Å². The van der Waals surface area contributed by atoms with Gasteiger partial charge in [0, 0.05) is 18.7 Å². The van der Waals surface area contributed by atoms with E-state index in [0.717, 1.165) is 12.2 Å². The lowest BCUT2D eigenvalue weighted by atomic mass is 9.97. The van der Waals surface area contributed by atoms with Gasteiger partial charge in [-0.1, -0.05) is 12.1 Å². The Bertz CT molecular complexity index is 634. The van der Waals surface area contributed by atoms with Gasteiger partial charge in [0.1, 0.15) is 0 Å². The average molecular weight is 269 g/mol. The third-order valence-corrected chi connectivity index (χ3v) is 4.67. The lowest BCUT2D eigenvalue weighted by Crippen LogP contribution is -2.16. The van der Waals surface area contributed by atoms with Gasteiger partial charge in [0.15, 0.2) is 0 Å². The minimum absolute atomic E-state index is 0.466. The molecule has 0 spiro atoms. The van der Waals surface area contributed by atoms with Crippen LogP contribution in [0.25, 0.3) is 11.3 Å². The molecule has 3 nitrogen and oxygen atoms in total. The molecule has 2 aromatic rings. The molecule has 0 saturated carbocycles. The Kier molecular flexibility index (Phi) is 3.38. The van der Waals surface area contributed by atoms with Crippen molar-refractivity contribution in [2.24, 2.45) is 7.05 Å². The van der Waals surface area contributed by atoms with Gasteiger partial charge < -0.3 is 5.32 Å². The highest BCUT2D eigenvalue weighted by molar-refractivity contribution is 5.66. The van der Waals surface area contributed by atoms with Crippen LogP contribution in [0.2, 0.25) is 0 Å². The zero-order valence-electron chi connectivity index (χ0n) is 12.8. The van der Waals surface area contributed by atoms with E-state index in [2.05, 4.69) is 51.3 Å². The first-order chi connectivity index (χ1) is 9.58. The molecule has 1 atom stereocenters. The predicted octanol–water partition coefficient (Wildman–Crippen LogP) is 3.44. The van der Waals surface area contributed by atoms with Crippen LogP contribution in [-0.2, 0) is 7.05 Å². The maximum Gasteiger partial charge on any atom is 0.0929 e. The maximum atomic E-state index is 4.73. The van der Waals surface area contributed by atoms with E-state index in [9.17, 15) is 0 Å². The minimum Gasteiger partial charge on any atom is -0.309 e. The van der Waals surface area contributed by atoms with Gasteiger partial charge in [0.2, 0.25) is 0 Å². The predicted molar refractivity (Wildman–Crippen MR) is 82.8 cm³/mol. The van der Waals surface area contributed by atoms with Crippen molar-refractivity contribution < 1.29 is 0 Å². The van der Waals surface area contributed by atoms with Gasteiger partial charge >= 0.3 is 0 Å². The number of rotatable bonds is 2. The molecule has 1 aromatic carbocycles. The van der Waals surface area contributed by atoms with Crippen molar-refractivity contribution in [3.05, 3.63) is 40.6 Å². The Morgan fingerprint density at radius 3 is 2.70 bits per heavy atom. The first-order valence-electron chi connectivity index (χ1n) is 7.42. The molecular weight excluding hydrogens is 246 g/mol. The average Bonchev–Trinajstić information content (AvgIpc) is 3.05. The van der Waals surface area contributed by atoms with Gasteiger partial charge in [0.25, 0.3) is 0 Å². The molecule has 1 fully saturated rings. The van der Waals surface area contributed by atoms with Crippen LogP contribution in [0.4, 0.5) is 0 Å². The fourth-order valence-electron chi connectivity index (χ4n) is 3.11. The van der Waals surface area contributed by atoms with Gasteiger partial charge in [-0.05, 0) is 62.9 Å². The molecule has 3 rings (SSSR count). The molecule has 1 aliphatic heterocycles. The molecule has 1 aromatic heterocycles. The number of hydrogen-bond acceptors (Lipinski definition) is 2. The SMILES string of the molecule is Cc1ccc(-c2cc(C3CCCN3)n(C)n2)c(C)c1C. The van der Waals surface area contributed by atoms with Gasteiger partial charge in [-0.25, -0.2) is 0 Å². The van der Waals surface area contributed by atoms with E-state index in [0.29, 0.717) is 6.04 Å². The Balaban J connectivity index is 2.03. The van der Waals surface area contributed by atoms with Crippen molar-refractivity contribution in [1.82, 2.24) is 15.1 Å². The molecule has 1 saturated heterocycles. The van der Waals surface area contributed by atoms with Crippen molar-refractivity contribution >= 4 is 0 Å². The summed E-state index contributed by atoms with van der Waals surface area (Å²) in [5, 5.41) is 8.29. The number of aromatic nitrogens is 2. The first kappa shape index (κ1) is 13.4. The van der Waals surface area contributed by atoms with Gasteiger partial charge in [0.05, 0.1) is 11.4 Å². The molecule has 2 heterocycles. The molecule has 1 N–H and O–H groups in total. The second-order valence-corrected chi connectivity index (χ2v) is 5.91. The highest BCUT2D eigenvalue weighted by Crippen LogP contribution is 2.30. The summed E-state index contributed by atoms with van der Waals surface area (Å²) in [5.74, 6) is 0. The zero-order valence-corrected chi connectivity index (χ0v) is 12.8. The van der Waals surface area contributed by atoms with E-state index >= 15 is 0 Å². The van der Waals surface area contributed by atoms with E-state index in [4.69, 9.17) is 5.10 Å². The molecule has 3 heteroatoms. The maximum absolute atomic E-state index is 4.73. The summed E-state index contributed by atoms with van der Waals surface area (Å²) in [5.41, 5.74) is 7.71. The lowest BCUT2D eigenvalue weighted by molar-refractivity contribution is 0.574. The number of benzene rings is 1. The smallest absolute Gasteiger partial charge is 0.0929 e. The van der Waals surface area contributed by atoms with Gasteiger partial charge in [-0.3, -0.25) is 4.68 Å². The summed E-state index contributed by atoms with van der Waals surface area (Å²) in [6.07, 6.45) is 2.47. The summed E-state index contributed by atoms with van der Waals surface area (Å²) in [4.78, 5) is 0. The monoisotopic (exact) mass is 269 g/mol. The Morgan fingerprint density at radius 2 is 2.00 bits per heavy atom. The van der Waals surface area contributed by atoms with E-state index in [1.54, 1.807) is 0 Å². The summed E-state index contributed by atoms with van der Waals surface area (Å²) < 4.78 is 2.03. The van der Waals surface area contributed by atoms with Crippen LogP contribution in [0.5, 0.6) is 0 Å². The number of nitrogens with one attached hydrogen (secondary N) is 1. The van der Waals surface area contributed by atoms with Crippen LogP contribution in [0.15, 0.2) is 18.2 Å². The molecule has 20 heavy (non-hydrogen) atoms. The van der Waals surface area contributed by atoms with Crippen LogP contribution in [0, 0.1) is 20.8 Å². The molecule has 0 bridgehead atoms. The molecular formula is C17H23N3. The second-order valence-electron chi connectivity index (χ2n) is 5.91. The molecule has 0 radical (unpaired) electrons. The molecule has 106 valence electrons. The third-order valence-electron chi connectivity index (χ3n) is 4.67. The molecule has 0 aliphatic carbocycles. The van der Waals surface area contributed by atoms with Crippen molar-refractivity contribution in [3.63, 3.8) is 0 Å². The number of hydrogen-bond donors (Lipinski definition) is 1. The quantitative estimate of drug-likeness (QED) is 0.905. The largest absolute Gasteiger partial charge is 0.309 e.